The summed E-state index contributed by atoms with van der Waals surface area (Å²) in [6.07, 6.45) is -0.553. The second-order valence-corrected chi connectivity index (χ2v) is 5.43. The Morgan fingerprint density at radius 2 is 1.50 bits per heavy atom. The number of nitrogens with one attached hydrogen (secondary N) is 1. The Labute approximate surface area is 131 Å². The van der Waals surface area contributed by atoms with E-state index in [-0.39, 0.29) is 12.1 Å². The Bertz CT molecular complexity index is 545. The van der Waals surface area contributed by atoms with E-state index in [1.165, 1.54) is 4.90 Å². The molecule has 0 aromatic heterocycles. The number of carbonyl (C=O) groups is 1. The molecule has 2 aromatic rings. The molecule has 2 amide bonds. The van der Waals surface area contributed by atoms with Gasteiger partial charge in [0, 0.05) is 13.6 Å². The molecular weight excluding hydrogens is 276 g/mol. The van der Waals surface area contributed by atoms with Gasteiger partial charge in [-0.05, 0) is 18.1 Å². The Balaban J connectivity index is 2.21. The standard InChI is InChI=1S/C18H22N2O2/c1-14(21)13-20(2)18(22)19-17(15-9-5-3-6-10-15)16-11-7-4-8-12-16/h3-12,14,17,21H,13H2,1-2H3,(H,19,22). The molecule has 4 nitrogen and oxygen atoms in total. The lowest BCUT2D eigenvalue weighted by atomic mass is 9.99. The zero-order chi connectivity index (χ0) is 15.9. The minimum Gasteiger partial charge on any atom is -0.392 e. The van der Waals surface area contributed by atoms with E-state index in [4.69, 9.17) is 0 Å². The molecule has 22 heavy (non-hydrogen) atoms. The van der Waals surface area contributed by atoms with Crippen molar-refractivity contribution in [1.29, 1.82) is 0 Å². The summed E-state index contributed by atoms with van der Waals surface area (Å²) in [7, 11) is 1.68. The molecule has 0 aliphatic heterocycles. The van der Waals surface area contributed by atoms with Crippen LogP contribution in [0.2, 0.25) is 0 Å². The normalized spacial score (nSPS) is 12.0. The number of benzene rings is 2. The van der Waals surface area contributed by atoms with E-state index in [2.05, 4.69) is 5.32 Å². The monoisotopic (exact) mass is 298 g/mol. The maximum atomic E-state index is 12.3. The van der Waals surface area contributed by atoms with Crippen molar-refractivity contribution in [3.63, 3.8) is 0 Å². The lowest BCUT2D eigenvalue weighted by Gasteiger charge is -2.25. The molecule has 0 heterocycles. The largest absolute Gasteiger partial charge is 0.392 e. The van der Waals surface area contributed by atoms with Crippen molar-refractivity contribution in [3.8, 4) is 0 Å². The highest BCUT2D eigenvalue weighted by atomic mass is 16.3. The number of likely N-dealkylation sites (N-methyl/N-ethyl adjacent to an activating group) is 1. The van der Waals surface area contributed by atoms with Crippen molar-refractivity contribution in [3.05, 3.63) is 71.8 Å². The van der Waals surface area contributed by atoms with Crippen LogP contribution in [0.4, 0.5) is 4.79 Å². The molecule has 4 heteroatoms. The molecule has 0 saturated heterocycles. The van der Waals surface area contributed by atoms with Crippen LogP contribution in [0.5, 0.6) is 0 Å². The van der Waals surface area contributed by atoms with Crippen LogP contribution in [0.3, 0.4) is 0 Å². The van der Waals surface area contributed by atoms with E-state index in [1.807, 2.05) is 60.7 Å². The molecule has 2 aromatic carbocycles. The molecule has 1 unspecified atom stereocenters. The summed E-state index contributed by atoms with van der Waals surface area (Å²) in [5.41, 5.74) is 2.04. The van der Waals surface area contributed by atoms with E-state index >= 15 is 0 Å². The zero-order valence-electron chi connectivity index (χ0n) is 12.9. The Morgan fingerprint density at radius 3 is 1.91 bits per heavy atom. The summed E-state index contributed by atoms with van der Waals surface area (Å²) in [6.45, 7) is 1.96. The first kappa shape index (κ1) is 16.0. The molecule has 0 radical (unpaired) electrons. The van der Waals surface area contributed by atoms with Gasteiger partial charge < -0.3 is 15.3 Å². The van der Waals surface area contributed by atoms with Gasteiger partial charge in [0.05, 0.1) is 12.1 Å². The van der Waals surface area contributed by atoms with Gasteiger partial charge in [-0.25, -0.2) is 4.79 Å². The number of carbonyl (C=O) groups excluding carboxylic acids is 1. The van der Waals surface area contributed by atoms with Gasteiger partial charge in [-0.3, -0.25) is 0 Å². The zero-order valence-corrected chi connectivity index (χ0v) is 12.9. The Morgan fingerprint density at radius 1 is 1.05 bits per heavy atom. The van der Waals surface area contributed by atoms with Crippen LogP contribution in [0.1, 0.15) is 24.1 Å². The first-order chi connectivity index (χ1) is 10.6. The van der Waals surface area contributed by atoms with Crippen LogP contribution in [0, 0.1) is 0 Å². The third-order valence-electron chi connectivity index (χ3n) is 3.42. The SMILES string of the molecule is CC(O)CN(C)C(=O)NC(c1ccccc1)c1ccccc1. The van der Waals surface area contributed by atoms with Gasteiger partial charge in [0.15, 0.2) is 0 Å². The number of aliphatic hydroxyl groups is 1. The summed E-state index contributed by atoms with van der Waals surface area (Å²) in [6, 6.07) is 19.3. The van der Waals surface area contributed by atoms with Crippen LogP contribution in [-0.2, 0) is 0 Å². The summed E-state index contributed by atoms with van der Waals surface area (Å²) in [4.78, 5) is 13.8. The van der Waals surface area contributed by atoms with Gasteiger partial charge in [0.1, 0.15) is 0 Å². The number of aliphatic hydroxyl groups excluding tert-OH is 1. The minimum atomic E-state index is -0.553. The lowest BCUT2D eigenvalue weighted by Crippen LogP contribution is -2.42. The number of nitrogens with zero attached hydrogens (tertiary/aromatic N) is 1. The fourth-order valence-electron chi connectivity index (χ4n) is 2.36. The van der Waals surface area contributed by atoms with Crippen molar-refractivity contribution >= 4 is 6.03 Å². The number of urea groups is 1. The predicted molar refractivity (Wildman–Crippen MR) is 87.6 cm³/mol. The fourth-order valence-corrected chi connectivity index (χ4v) is 2.36. The van der Waals surface area contributed by atoms with Gasteiger partial charge in [-0.2, -0.15) is 0 Å². The average Bonchev–Trinajstić information content (AvgIpc) is 2.53. The Kier molecular flexibility index (Phi) is 5.55. The van der Waals surface area contributed by atoms with Crippen LogP contribution in [0.25, 0.3) is 0 Å². The second-order valence-electron chi connectivity index (χ2n) is 5.43. The van der Waals surface area contributed by atoms with Gasteiger partial charge in [-0.15, -0.1) is 0 Å². The lowest BCUT2D eigenvalue weighted by molar-refractivity contribution is 0.143. The topological polar surface area (TPSA) is 52.6 Å². The van der Waals surface area contributed by atoms with Gasteiger partial charge in [0.2, 0.25) is 0 Å². The molecule has 116 valence electrons. The van der Waals surface area contributed by atoms with Crippen molar-refractivity contribution in [2.75, 3.05) is 13.6 Å². The highest BCUT2D eigenvalue weighted by Crippen LogP contribution is 2.21. The number of rotatable bonds is 5. The van der Waals surface area contributed by atoms with Crippen LogP contribution >= 0.6 is 0 Å². The van der Waals surface area contributed by atoms with E-state index in [0.717, 1.165) is 11.1 Å². The smallest absolute Gasteiger partial charge is 0.317 e. The molecule has 0 fully saturated rings. The summed E-state index contributed by atoms with van der Waals surface area (Å²) >= 11 is 0. The number of hydrogen-bond donors (Lipinski definition) is 2. The van der Waals surface area contributed by atoms with Crippen molar-refractivity contribution < 1.29 is 9.90 Å². The first-order valence-electron chi connectivity index (χ1n) is 7.37. The second kappa shape index (κ2) is 7.61. The highest BCUT2D eigenvalue weighted by Gasteiger charge is 2.19. The molecule has 0 saturated carbocycles. The first-order valence-corrected chi connectivity index (χ1v) is 7.37. The summed E-state index contributed by atoms with van der Waals surface area (Å²) in [5, 5.41) is 12.4. The van der Waals surface area contributed by atoms with Crippen LogP contribution in [0.15, 0.2) is 60.7 Å². The fraction of sp³-hybridized carbons (Fsp3) is 0.278. The van der Waals surface area contributed by atoms with Crippen molar-refractivity contribution in [1.82, 2.24) is 10.2 Å². The average molecular weight is 298 g/mol. The molecule has 1 atom stereocenters. The summed E-state index contributed by atoms with van der Waals surface area (Å²) in [5.74, 6) is 0. The molecule has 2 rings (SSSR count). The molecule has 0 spiro atoms. The summed E-state index contributed by atoms with van der Waals surface area (Å²) < 4.78 is 0. The maximum Gasteiger partial charge on any atom is 0.317 e. The third-order valence-corrected chi connectivity index (χ3v) is 3.42. The van der Waals surface area contributed by atoms with E-state index in [9.17, 15) is 9.90 Å². The van der Waals surface area contributed by atoms with E-state index in [0.29, 0.717) is 6.54 Å². The highest BCUT2D eigenvalue weighted by molar-refractivity contribution is 5.75. The molecule has 2 N–H and O–H groups in total. The quantitative estimate of drug-likeness (QED) is 0.892. The molecule has 0 aliphatic carbocycles. The number of amides is 2. The van der Waals surface area contributed by atoms with Crippen molar-refractivity contribution in [2.24, 2.45) is 0 Å². The van der Waals surface area contributed by atoms with Crippen LogP contribution in [-0.4, -0.2) is 35.7 Å². The van der Waals surface area contributed by atoms with Crippen LogP contribution < -0.4 is 5.32 Å². The minimum absolute atomic E-state index is 0.210. The van der Waals surface area contributed by atoms with Gasteiger partial charge >= 0.3 is 6.03 Å². The predicted octanol–water partition coefficient (Wildman–Crippen LogP) is 2.80. The van der Waals surface area contributed by atoms with Gasteiger partial charge in [-0.1, -0.05) is 60.7 Å². The van der Waals surface area contributed by atoms with Crippen molar-refractivity contribution in [2.45, 2.75) is 19.1 Å². The Hall–Kier alpha value is -2.33. The maximum absolute atomic E-state index is 12.3. The van der Waals surface area contributed by atoms with E-state index in [1.54, 1.807) is 14.0 Å². The van der Waals surface area contributed by atoms with E-state index < -0.39 is 6.10 Å². The molecule has 0 bridgehead atoms. The van der Waals surface area contributed by atoms with Gasteiger partial charge in [0.25, 0.3) is 0 Å². The molecule has 0 aliphatic rings. The third kappa shape index (κ3) is 4.33. The molecular formula is C18H22N2O2. The number of hydrogen-bond acceptors (Lipinski definition) is 2.